The van der Waals surface area contributed by atoms with Crippen LogP contribution in [0.15, 0.2) is 41.3 Å². The number of nitrogens with one attached hydrogen (secondary N) is 1. The highest BCUT2D eigenvalue weighted by Gasteiger charge is 2.30. The summed E-state index contributed by atoms with van der Waals surface area (Å²) in [4.78, 5) is 0.354. The van der Waals surface area contributed by atoms with E-state index >= 15 is 0 Å². The fraction of sp³-hybridized carbons (Fsp3) is 0.444. The van der Waals surface area contributed by atoms with Crippen molar-refractivity contribution in [2.75, 3.05) is 26.2 Å². The van der Waals surface area contributed by atoms with E-state index in [2.05, 4.69) is 12.2 Å². The Bertz CT molecular complexity index is 815. The molecule has 0 spiro atoms. The van der Waals surface area contributed by atoms with E-state index < -0.39 is 10.0 Å². The number of fused-ring (bicyclic) bond motifs is 1. The summed E-state index contributed by atoms with van der Waals surface area (Å²) in [7, 11) is -3.50. The van der Waals surface area contributed by atoms with Gasteiger partial charge in [0.15, 0.2) is 0 Å². The predicted molar refractivity (Wildman–Crippen MR) is 99.0 cm³/mol. The predicted octanol–water partition coefficient (Wildman–Crippen LogP) is 3.50. The van der Waals surface area contributed by atoms with Gasteiger partial charge >= 0.3 is 0 Å². The van der Waals surface area contributed by atoms with Gasteiger partial charge in [-0.15, -0.1) is 0 Å². The Balaban J connectivity index is 1.86. The molecule has 0 aromatic heterocycles. The lowest BCUT2D eigenvalue weighted by molar-refractivity contribution is 0.268. The molecule has 1 fully saturated rings. The summed E-state index contributed by atoms with van der Waals surface area (Å²) in [6.07, 6.45) is 1.80. The third-order valence-electron chi connectivity index (χ3n) is 4.71. The molecule has 24 heavy (non-hydrogen) atoms. The molecule has 1 aliphatic heterocycles. The van der Waals surface area contributed by atoms with Gasteiger partial charge in [-0.05, 0) is 44.0 Å². The molecule has 0 radical (unpaired) electrons. The molecule has 3 rings (SSSR count). The summed E-state index contributed by atoms with van der Waals surface area (Å²) in [5.74, 6) is 0.554. The van der Waals surface area contributed by atoms with Crippen LogP contribution in [-0.4, -0.2) is 38.9 Å². The third kappa shape index (κ3) is 3.45. The molecule has 0 amide bonds. The van der Waals surface area contributed by atoms with E-state index in [-0.39, 0.29) is 0 Å². The number of halogens is 1. The second kappa shape index (κ2) is 7.40. The number of rotatable bonds is 5. The van der Waals surface area contributed by atoms with Gasteiger partial charge in [0.25, 0.3) is 0 Å². The molecule has 2 aromatic carbocycles. The van der Waals surface area contributed by atoms with Crippen molar-refractivity contribution in [2.45, 2.75) is 24.7 Å². The lowest BCUT2D eigenvalue weighted by Crippen LogP contribution is -2.40. The average Bonchev–Trinajstić information content (AvgIpc) is 2.60. The van der Waals surface area contributed by atoms with Crippen LogP contribution >= 0.6 is 11.6 Å². The van der Waals surface area contributed by atoms with Crippen LogP contribution in [0.2, 0.25) is 5.02 Å². The minimum Gasteiger partial charge on any atom is -0.317 e. The van der Waals surface area contributed by atoms with E-state index in [4.69, 9.17) is 11.6 Å². The first-order valence-electron chi connectivity index (χ1n) is 8.42. The monoisotopic (exact) mass is 366 g/mol. The van der Waals surface area contributed by atoms with Gasteiger partial charge in [0.2, 0.25) is 10.0 Å². The van der Waals surface area contributed by atoms with Crippen molar-refractivity contribution in [2.24, 2.45) is 5.92 Å². The molecule has 1 heterocycles. The fourth-order valence-electron chi connectivity index (χ4n) is 3.30. The molecular formula is C18H23ClN2O2S. The van der Waals surface area contributed by atoms with E-state index in [1.807, 2.05) is 24.3 Å². The maximum atomic E-state index is 13.1. The van der Waals surface area contributed by atoms with Crippen molar-refractivity contribution in [3.63, 3.8) is 0 Å². The Labute approximate surface area is 148 Å². The van der Waals surface area contributed by atoms with Crippen LogP contribution in [0.3, 0.4) is 0 Å². The molecule has 0 bridgehead atoms. The minimum absolute atomic E-state index is 0.354. The maximum Gasteiger partial charge on any atom is 0.243 e. The lowest BCUT2D eigenvalue weighted by atomic mass is 9.98. The molecule has 130 valence electrons. The molecular weight excluding hydrogens is 344 g/mol. The highest BCUT2D eigenvalue weighted by atomic mass is 35.5. The molecule has 2 aromatic rings. The van der Waals surface area contributed by atoms with Gasteiger partial charge in [0.05, 0.1) is 4.90 Å². The van der Waals surface area contributed by atoms with Crippen molar-refractivity contribution < 1.29 is 8.42 Å². The first kappa shape index (κ1) is 17.7. The fourth-order valence-corrected chi connectivity index (χ4v) is 5.19. The van der Waals surface area contributed by atoms with E-state index in [0.717, 1.165) is 31.3 Å². The maximum absolute atomic E-state index is 13.1. The van der Waals surface area contributed by atoms with Crippen LogP contribution in [-0.2, 0) is 10.0 Å². The summed E-state index contributed by atoms with van der Waals surface area (Å²) in [5.41, 5.74) is 0. The lowest BCUT2D eigenvalue weighted by Gasteiger charge is -2.31. The van der Waals surface area contributed by atoms with Crippen LogP contribution in [0, 0.1) is 5.92 Å². The van der Waals surface area contributed by atoms with Crippen LogP contribution in [0.4, 0.5) is 0 Å². The normalized spacial score (nSPS) is 17.4. The zero-order valence-corrected chi connectivity index (χ0v) is 15.4. The SMILES string of the molecule is CCNCC1CCN(S(=O)(=O)c2ccc(Cl)c3ccccc23)CC1. The topological polar surface area (TPSA) is 49.4 Å². The number of hydrogen-bond donors (Lipinski definition) is 1. The van der Waals surface area contributed by atoms with Crippen LogP contribution in [0.1, 0.15) is 19.8 Å². The number of benzene rings is 2. The van der Waals surface area contributed by atoms with Crippen LogP contribution in [0.5, 0.6) is 0 Å². The number of nitrogens with zero attached hydrogens (tertiary/aromatic N) is 1. The summed E-state index contributed by atoms with van der Waals surface area (Å²) >= 11 is 6.22. The number of piperidine rings is 1. The Kier molecular flexibility index (Phi) is 5.45. The number of sulfonamides is 1. The first-order chi connectivity index (χ1) is 11.5. The van der Waals surface area contributed by atoms with Crippen molar-refractivity contribution in [1.29, 1.82) is 0 Å². The average molecular weight is 367 g/mol. The van der Waals surface area contributed by atoms with Crippen molar-refractivity contribution in [3.05, 3.63) is 41.4 Å². The zero-order chi connectivity index (χ0) is 17.2. The van der Waals surface area contributed by atoms with Crippen molar-refractivity contribution in [3.8, 4) is 0 Å². The van der Waals surface area contributed by atoms with Gasteiger partial charge in [-0.1, -0.05) is 42.8 Å². The van der Waals surface area contributed by atoms with Crippen LogP contribution in [0.25, 0.3) is 10.8 Å². The van der Waals surface area contributed by atoms with Crippen molar-refractivity contribution in [1.82, 2.24) is 9.62 Å². The molecule has 1 saturated heterocycles. The minimum atomic E-state index is -3.50. The summed E-state index contributed by atoms with van der Waals surface area (Å²) in [6.45, 7) is 5.17. The zero-order valence-electron chi connectivity index (χ0n) is 13.8. The molecule has 4 nitrogen and oxygen atoms in total. The Morgan fingerprint density at radius 3 is 2.46 bits per heavy atom. The van der Waals surface area contributed by atoms with Gasteiger partial charge in [-0.3, -0.25) is 0 Å². The summed E-state index contributed by atoms with van der Waals surface area (Å²) in [5, 5.41) is 5.40. The van der Waals surface area contributed by atoms with Gasteiger partial charge in [0, 0.05) is 28.9 Å². The largest absolute Gasteiger partial charge is 0.317 e. The second-order valence-corrected chi connectivity index (χ2v) is 8.56. The van der Waals surface area contributed by atoms with Crippen molar-refractivity contribution >= 4 is 32.4 Å². The molecule has 0 aliphatic carbocycles. The number of hydrogen-bond acceptors (Lipinski definition) is 3. The smallest absolute Gasteiger partial charge is 0.243 e. The van der Waals surface area contributed by atoms with Gasteiger partial charge in [0.1, 0.15) is 0 Å². The van der Waals surface area contributed by atoms with E-state index in [9.17, 15) is 8.42 Å². The Hall–Kier alpha value is -1.14. The van der Waals surface area contributed by atoms with Crippen LogP contribution < -0.4 is 5.32 Å². The standard InChI is InChI=1S/C18H23ClN2O2S/c1-2-20-13-14-9-11-21(12-10-14)24(22,23)18-8-7-17(19)15-5-3-4-6-16(15)18/h3-8,14,20H,2,9-13H2,1H3. The van der Waals surface area contributed by atoms with E-state index in [1.54, 1.807) is 16.4 Å². The molecule has 0 saturated carbocycles. The third-order valence-corrected chi connectivity index (χ3v) is 6.99. The molecule has 6 heteroatoms. The molecule has 0 atom stereocenters. The Morgan fingerprint density at radius 1 is 1.12 bits per heavy atom. The quantitative estimate of drug-likeness (QED) is 0.881. The highest BCUT2D eigenvalue weighted by molar-refractivity contribution is 7.89. The first-order valence-corrected chi connectivity index (χ1v) is 10.2. The Morgan fingerprint density at radius 2 is 1.79 bits per heavy atom. The highest BCUT2D eigenvalue weighted by Crippen LogP contribution is 2.32. The molecule has 1 N–H and O–H groups in total. The van der Waals surface area contributed by atoms with E-state index in [0.29, 0.717) is 34.3 Å². The summed E-state index contributed by atoms with van der Waals surface area (Å²) in [6, 6.07) is 10.7. The molecule has 0 unspecified atom stereocenters. The molecule has 1 aliphatic rings. The summed E-state index contributed by atoms with van der Waals surface area (Å²) < 4.78 is 27.8. The van der Waals surface area contributed by atoms with Gasteiger partial charge < -0.3 is 5.32 Å². The van der Waals surface area contributed by atoms with E-state index in [1.165, 1.54) is 0 Å². The second-order valence-electron chi connectivity index (χ2n) is 6.25. The van der Waals surface area contributed by atoms with Gasteiger partial charge in [-0.25, -0.2) is 8.42 Å². The van der Waals surface area contributed by atoms with Gasteiger partial charge in [-0.2, -0.15) is 4.31 Å².